The van der Waals surface area contributed by atoms with Gasteiger partial charge in [-0.1, -0.05) is 0 Å². The lowest BCUT2D eigenvalue weighted by Crippen LogP contribution is -2.37. The zero-order chi connectivity index (χ0) is 25.0. The fourth-order valence-corrected chi connectivity index (χ4v) is 2.43. The van der Waals surface area contributed by atoms with Crippen LogP contribution in [0.4, 0.5) is 36.4 Å². The lowest BCUT2D eigenvalue weighted by Gasteiger charge is -2.17. The van der Waals surface area contributed by atoms with Gasteiger partial charge in [-0.2, -0.15) is 26.3 Å². The molecule has 0 heterocycles. The molecule has 0 atom stereocenters. The highest BCUT2D eigenvalue weighted by atomic mass is 19.4. The van der Waals surface area contributed by atoms with Crippen molar-refractivity contribution in [1.29, 1.82) is 0 Å². The van der Waals surface area contributed by atoms with Crippen LogP contribution in [0.5, 0.6) is 0 Å². The van der Waals surface area contributed by atoms with Crippen LogP contribution >= 0.6 is 0 Å². The van der Waals surface area contributed by atoms with Gasteiger partial charge in [-0.05, 0) is 42.5 Å². The summed E-state index contributed by atoms with van der Waals surface area (Å²) in [4.78, 5) is 36.7. The summed E-state index contributed by atoms with van der Waals surface area (Å²) in [6, 6.07) is 4.88. The number of ether oxygens (including phenoxy) is 1. The smallest absolute Gasteiger partial charge is 0.416 e. The molecule has 6 nitrogen and oxygen atoms in total. The van der Waals surface area contributed by atoms with Gasteiger partial charge in [0.25, 0.3) is 5.91 Å². The molecule has 0 aliphatic carbocycles. The maximum Gasteiger partial charge on any atom is 0.416 e. The molecule has 0 spiro atoms. The van der Waals surface area contributed by atoms with Crippen molar-refractivity contribution < 1.29 is 49.9 Å². The van der Waals surface area contributed by atoms with Gasteiger partial charge in [-0.3, -0.25) is 9.59 Å². The predicted octanol–water partition coefficient (Wildman–Crippen LogP) is 4.12. The van der Waals surface area contributed by atoms with Crippen molar-refractivity contribution in [2.75, 3.05) is 25.5 Å². The van der Waals surface area contributed by atoms with Crippen molar-refractivity contribution in [2.24, 2.45) is 0 Å². The van der Waals surface area contributed by atoms with Gasteiger partial charge in [-0.25, -0.2) is 9.18 Å². The molecular weight excluding hydrogens is 465 g/mol. The summed E-state index contributed by atoms with van der Waals surface area (Å²) in [6.07, 6.45) is -10.3. The number of carbonyl (C=O) groups is 3. The highest BCUT2D eigenvalue weighted by molar-refractivity contribution is 5.95. The molecule has 2 amide bonds. The van der Waals surface area contributed by atoms with Crippen molar-refractivity contribution in [3.05, 3.63) is 65.0 Å². The summed E-state index contributed by atoms with van der Waals surface area (Å²) < 4.78 is 94.7. The third kappa shape index (κ3) is 7.47. The minimum atomic E-state index is -5.16. The van der Waals surface area contributed by atoms with Crippen molar-refractivity contribution in [3.63, 3.8) is 0 Å². The highest BCUT2D eigenvalue weighted by Crippen LogP contribution is 2.36. The SMILES string of the molecule is CN(CC(=O)Nc1ccc(F)cc1)C(=O)COC(=O)c1cc(C(F)(F)F)cc(C(F)(F)F)c1. The Hall–Kier alpha value is -3.64. The first-order valence-electron chi connectivity index (χ1n) is 8.93. The number of hydrogen-bond donors (Lipinski definition) is 1. The first-order chi connectivity index (χ1) is 15.2. The number of hydrogen-bond acceptors (Lipinski definition) is 4. The lowest BCUT2D eigenvalue weighted by molar-refractivity contribution is -0.143. The fourth-order valence-electron chi connectivity index (χ4n) is 2.43. The molecule has 2 rings (SSSR count). The molecule has 1 N–H and O–H groups in total. The van der Waals surface area contributed by atoms with E-state index in [1.807, 2.05) is 0 Å². The van der Waals surface area contributed by atoms with Gasteiger partial charge in [0.05, 0.1) is 23.2 Å². The average Bonchev–Trinajstić information content (AvgIpc) is 2.71. The maximum absolute atomic E-state index is 12.9. The minimum Gasteiger partial charge on any atom is -0.452 e. The number of anilines is 1. The van der Waals surface area contributed by atoms with Gasteiger partial charge < -0.3 is 15.0 Å². The van der Waals surface area contributed by atoms with Crippen molar-refractivity contribution in [2.45, 2.75) is 12.4 Å². The number of benzene rings is 2. The van der Waals surface area contributed by atoms with Gasteiger partial charge in [0, 0.05) is 12.7 Å². The summed E-state index contributed by atoms with van der Waals surface area (Å²) in [5.74, 6) is -3.79. The number of esters is 1. The van der Waals surface area contributed by atoms with E-state index in [0.29, 0.717) is 0 Å². The Morgan fingerprint density at radius 2 is 1.42 bits per heavy atom. The van der Waals surface area contributed by atoms with E-state index >= 15 is 0 Å². The molecule has 2 aromatic carbocycles. The number of likely N-dealkylation sites (N-methyl/N-ethyl adjacent to an activating group) is 1. The molecule has 13 heteroatoms. The molecular formula is C20H15F7N2O4. The van der Waals surface area contributed by atoms with E-state index in [-0.39, 0.29) is 23.9 Å². The summed E-state index contributed by atoms with van der Waals surface area (Å²) in [5, 5.41) is 2.37. The van der Waals surface area contributed by atoms with E-state index in [1.165, 1.54) is 12.1 Å². The second-order valence-corrected chi connectivity index (χ2v) is 6.68. The van der Waals surface area contributed by atoms with Crippen molar-refractivity contribution >= 4 is 23.5 Å². The Morgan fingerprint density at radius 1 is 0.909 bits per heavy atom. The Kier molecular flexibility index (Phi) is 7.67. The Labute approximate surface area is 181 Å². The topological polar surface area (TPSA) is 75.7 Å². The van der Waals surface area contributed by atoms with Gasteiger partial charge in [0.15, 0.2) is 6.61 Å². The maximum atomic E-state index is 12.9. The molecule has 33 heavy (non-hydrogen) atoms. The number of amides is 2. The Bertz CT molecular complexity index is 1000. The Balaban J connectivity index is 2.00. The predicted molar refractivity (Wildman–Crippen MR) is 99.4 cm³/mol. The van der Waals surface area contributed by atoms with Crippen LogP contribution in [0.2, 0.25) is 0 Å². The third-order valence-electron chi connectivity index (χ3n) is 4.08. The van der Waals surface area contributed by atoms with E-state index in [0.717, 1.165) is 24.1 Å². The Morgan fingerprint density at radius 3 is 1.91 bits per heavy atom. The molecule has 0 saturated heterocycles. The second kappa shape index (κ2) is 9.88. The van der Waals surface area contributed by atoms with Gasteiger partial charge >= 0.3 is 18.3 Å². The van der Waals surface area contributed by atoms with Crippen LogP contribution in [0.15, 0.2) is 42.5 Å². The van der Waals surface area contributed by atoms with Crippen LogP contribution in [0, 0.1) is 5.82 Å². The molecule has 0 radical (unpaired) electrons. The van der Waals surface area contributed by atoms with Crippen LogP contribution in [0.1, 0.15) is 21.5 Å². The number of alkyl halides is 6. The first-order valence-corrected chi connectivity index (χ1v) is 8.93. The van der Waals surface area contributed by atoms with Gasteiger partial charge in [-0.15, -0.1) is 0 Å². The lowest BCUT2D eigenvalue weighted by atomic mass is 10.0. The summed E-state index contributed by atoms with van der Waals surface area (Å²) in [5.41, 5.74) is -4.25. The monoisotopic (exact) mass is 480 g/mol. The standard InChI is InChI=1S/C20H15F7N2O4/c1-29(9-16(30)28-15-4-2-14(21)3-5-15)17(31)10-33-18(32)11-6-12(19(22,23)24)8-13(7-11)20(25,26)27/h2-8H,9-10H2,1H3,(H,28,30). The molecule has 0 aliphatic heterocycles. The zero-order valence-corrected chi connectivity index (χ0v) is 16.7. The molecule has 0 aromatic heterocycles. The van der Waals surface area contributed by atoms with E-state index in [2.05, 4.69) is 10.1 Å². The second-order valence-electron chi connectivity index (χ2n) is 6.68. The minimum absolute atomic E-state index is 0.157. The molecule has 0 unspecified atom stereocenters. The fraction of sp³-hybridized carbons (Fsp3) is 0.250. The molecule has 2 aromatic rings. The van der Waals surface area contributed by atoms with E-state index in [1.54, 1.807) is 0 Å². The average molecular weight is 480 g/mol. The molecule has 0 bridgehead atoms. The quantitative estimate of drug-likeness (QED) is 0.499. The summed E-state index contributed by atoms with van der Waals surface area (Å²) >= 11 is 0. The van der Waals surface area contributed by atoms with Crippen molar-refractivity contribution in [3.8, 4) is 0 Å². The highest BCUT2D eigenvalue weighted by Gasteiger charge is 2.37. The van der Waals surface area contributed by atoms with E-state index in [9.17, 15) is 45.1 Å². The normalized spacial score (nSPS) is 11.6. The summed E-state index contributed by atoms with van der Waals surface area (Å²) in [6.45, 7) is -1.58. The number of nitrogens with one attached hydrogen (secondary N) is 1. The van der Waals surface area contributed by atoms with Crippen molar-refractivity contribution in [1.82, 2.24) is 4.90 Å². The summed E-state index contributed by atoms with van der Waals surface area (Å²) in [7, 11) is 1.15. The number of halogens is 7. The van der Waals surface area contributed by atoms with E-state index < -0.39 is 65.8 Å². The molecule has 0 aliphatic rings. The van der Waals surface area contributed by atoms with E-state index in [4.69, 9.17) is 0 Å². The van der Waals surface area contributed by atoms with Gasteiger partial charge in [0.2, 0.25) is 5.91 Å². The van der Waals surface area contributed by atoms with Crippen LogP contribution in [0.25, 0.3) is 0 Å². The third-order valence-corrected chi connectivity index (χ3v) is 4.08. The van der Waals surface area contributed by atoms with Crippen LogP contribution in [-0.2, 0) is 26.7 Å². The number of nitrogens with zero attached hydrogens (tertiary/aromatic N) is 1. The molecule has 178 valence electrons. The number of carbonyl (C=O) groups excluding carboxylic acids is 3. The largest absolute Gasteiger partial charge is 0.452 e. The van der Waals surface area contributed by atoms with Gasteiger partial charge in [0.1, 0.15) is 5.82 Å². The van der Waals surface area contributed by atoms with Crippen LogP contribution in [0.3, 0.4) is 0 Å². The molecule has 0 fully saturated rings. The van der Waals surface area contributed by atoms with Crippen LogP contribution < -0.4 is 5.32 Å². The number of rotatable bonds is 6. The molecule has 0 saturated carbocycles. The zero-order valence-electron chi connectivity index (χ0n) is 16.7. The van der Waals surface area contributed by atoms with Crippen LogP contribution in [-0.4, -0.2) is 42.9 Å². The first kappa shape index (κ1) is 25.6.